The fourth-order valence-electron chi connectivity index (χ4n) is 4.47. The molecule has 220 valence electrons. The average Bonchev–Trinajstić information content (AvgIpc) is 2.93. The van der Waals surface area contributed by atoms with E-state index in [4.69, 9.17) is 0 Å². The Morgan fingerprint density at radius 1 is 0.902 bits per heavy atom. The van der Waals surface area contributed by atoms with Crippen LogP contribution < -0.4 is 9.62 Å². The molecule has 9 heteroatoms. The minimum atomic E-state index is -3.81. The third kappa shape index (κ3) is 9.43. The highest BCUT2D eigenvalue weighted by Gasteiger charge is 2.33. The number of amides is 2. The third-order valence-corrected chi connectivity index (χ3v) is 8.67. The summed E-state index contributed by atoms with van der Waals surface area (Å²) >= 11 is 3.49. The van der Waals surface area contributed by atoms with E-state index in [0.29, 0.717) is 5.69 Å². The SMILES string of the molecule is CC[C@@H](C)NC(=O)[C@H](Cc1ccccc1)N(Cc1cccc(Br)c1)C(=O)CN(c1ccc(C(C)C)cc1)S(C)(=O)=O. The number of anilines is 1. The minimum Gasteiger partial charge on any atom is -0.352 e. The van der Waals surface area contributed by atoms with Gasteiger partial charge in [0.1, 0.15) is 12.6 Å². The first kappa shape index (κ1) is 32.3. The molecule has 0 aliphatic rings. The number of nitrogens with one attached hydrogen (secondary N) is 1. The van der Waals surface area contributed by atoms with Crippen molar-refractivity contribution in [3.63, 3.8) is 0 Å². The zero-order chi connectivity index (χ0) is 30.2. The minimum absolute atomic E-state index is 0.0874. The van der Waals surface area contributed by atoms with Crippen molar-refractivity contribution in [1.82, 2.24) is 10.2 Å². The smallest absolute Gasteiger partial charge is 0.244 e. The van der Waals surface area contributed by atoms with Crippen LogP contribution in [0.3, 0.4) is 0 Å². The van der Waals surface area contributed by atoms with E-state index in [-0.39, 0.29) is 30.8 Å². The predicted octanol–water partition coefficient (Wildman–Crippen LogP) is 5.89. The predicted molar refractivity (Wildman–Crippen MR) is 169 cm³/mol. The number of nitrogens with zero attached hydrogens (tertiary/aromatic N) is 2. The number of halogens is 1. The van der Waals surface area contributed by atoms with Gasteiger partial charge in [0, 0.05) is 23.5 Å². The van der Waals surface area contributed by atoms with Crippen LogP contribution in [0.2, 0.25) is 0 Å². The highest BCUT2D eigenvalue weighted by atomic mass is 79.9. The molecule has 0 aromatic heterocycles. The molecule has 0 aliphatic carbocycles. The van der Waals surface area contributed by atoms with Gasteiger partial charge in [0.25, 0.3) is 0 Å². The van der Waals surface area contributed by atoms with Crippen molar-refractivity contribution in [2.75, 3.05) is 17.1 Å². The zero-order valence-electron chi connectivity index (χ0n) is 24.4. The first-order chi connectivity index (χ1) is 19.4. The first-order valence-corrected chi connectivity index (χ1v) is 16.5. The van der Waals surface area contributed by atoms with E-state index in [1.807, 2.05) is 80.6 Å². The molecule has 3 aromatic rings. The molecule has 2 amide bonds. The van der Waals surface area contributed by atoms with Gasteiger partial charge in [-0.05, 0) is 60.2 Å². The number of benzene rings is 3. The molecule has 0 unspecified atom stereocenters. The maximum atomic E-state index is 14.2. The van der Waals surface area contributed by atoms with Crippen LogP contribution in [0.25, 0.3) is 0 Å². The highest BCUT2D eigenvalue weighted by Crippen LogP contribution is 2.24. The summed E-state index contributed by atoms with van der Waals surface area (Å²) in [5.74, 6) is -0.469. The molecule has 0 saturated heterocycles. The summed E-state index contributed by atoms with van der Waals surface area (Å²) in [5.41, 5.74) is 3.17. The average molecular weight is 643 g/mol. The van der Waals surface area contributed by atoms with Gasteiger partial charge in [0.2, 0.25) is 21.8 Å². The Labute approximate surface area is 253 Å². The molecule has 41 heavy (non-hydrogen) atoms. The Kier molecular flexibility index (Phi) is 11.5. The summed E-state index contributed by atoms with van der Waals surface area (Å²) in [4.78, 5) is 29.4. The lowest BCUT2D eigenvalue weighted by Crippen LogP contribution is -2.54. The standard InChI is InChI=1S/C32H40BrN3O4S/c1-6-24(4)34-32(38)30(20-25-11-8-7-9-12-25)35(21-26-13-10-14-28(33)19-26)31(37)22-36(41(5,39)40)29-17-15-27(16-18-29)23(2)3/h7-19,23-24,30H,6,20-22H2,1-5H3,(H,34,38)/t24-,30+/m1/s1. The molecule has 0 radical (unpaired) electrons. The second-order valence-electron chi connectivity index (χ2n) is 10.7. The molecule has 7 nitrogen and oxygen atoms in total. The van der Waals surface area contributed by atoms with Gasteiger partial charge in [-0.25, -0.2) is 8.42 Å². The number of carbonyl (C=O) groups excluding carboxylic acids is 2. The lowest BCUT2D eigenvalue weighted by atomic mass is 10.0. The molecule has 0 saturated carbocycles. The molecule has 2 atom stereocenters. The fraction of sp³-hybridized carbons (Fsp3) is 0.375. The second kappa shape index (κ2) is 14.6. The van der Waals surface area contributed by atoms with Gasteiger partial charge in [0.15, 0.2) is 0 Å². The normalized spacial score (nSPS) is 13.0. The van der Waals surface area contributed by atoms with E-state index in [9.17, 15) is 18.0 Å². The van der Waals surface area contributed by atoms with E-state index in [2.05, 4.69) is 35.1 Å². The van der Waals surface area contributed by atoms with Crippen LogP contribution in [0.1, 0.15) is 56.7 Å². The van der Waals surface area contributed by atoms with Gasteiger partial charge in [-0.1, -0.05) is 91.3 Å². The summed E-state index contributed by atoms with van der Waals surface area (Å²) in [5, 5.41) is 3.04. The summed E-state index contributed by atoms with van der Waals surface area (Å²) in [6.07, 6.45) is 2.11. The van der Waals surface area contributed by atoms with E-state index in [1.165, 1.54) is 4.90 Å². The molecule has 3 rings (SSSR count). The van der Waals surface area contributed by atoms with Crippen molar-refractivity contribution in [1.29, 1.82) is 0 Å². The summed E-state index contributed by atoms with van der Waals surface area (Å²) < 4.78 is 27.9. The maximum absolute atomic E-state index is 14.2. The molecular weight excluding hydrogens is 602 g/mol. The summed E-state index contributed by atoms with van der Waals surface area (Å²) in [6.45, 7) is 7.72. The van der Waals surface area contributed by atoms with Crippen molar-refractivity contribution in [2.24, 2.45) is 0 Å². The van der Waals surface area contributed by atoms with Crippen molar-refractivity contribution in [2.45, 2.75) is 65.1 Å². The maximum Gasteiger partial charge on any atom is 0.244 e. The Balaban J connectivity index is 2.05. The van der Waals surface area contributed by atoms with E-state index in [0.717, 1.165) is 38.1 Å². The molecule has 0 aliphatic heterocycles. The summed E-state index contributed by atoms with van der Waals surface area (Å²) in [6, 6.07) is 23.3. The van der Waals surface area contributed by atoms with Gasteiger partial charge < -0.3 is 10.2 Å². The molecule has 0 heterocycles. The van der Waals surface area contributed by atoms with Crippen LogP contribution in [-0.2, 0) is 32.6 Å². The van der Waals surface area contributed by atoms with E-state index < -0.39 is 28.5 Å². The fourth-order valence-corrected chi connectivity index (χ4v) is 5.76. The monoisotopic (exact) mass is 641 g/mol. The van der Waals surface area contributed by atoms with Crippen LogP contribution in [0, 0.1) is 0 Å². The van der Waals surface area contributed by atoms with Crippen molar-refractivity contribution >= 4 is 43.5 Å². The lowest BCUT2D eigenvalue weighted by molar-refractivity contribution is -0.140. The van der Waals surface area contributed by atoms with Crippen LogP contribution >= 0.6 is 15.9 Å². The number of hydrogen-bond acceptors (Lipinski definition) is 4. The lowest BCUT2D eigenvalue weighted by Gasteiger charge is -2.34. The van der Waals surface area contributed by atoms with Gasteiger partial charge in [-0.15, -0.1) is 0 Å². The summed E-state index contributed by atoms with van der Waals surface area (Å²) in [7, 11) is -3.81. The molecule has 3 aromatic carbocycles. The molecular formula is C32H40BrN3O4S. The number of rotatable bonds is 13. The number of hydrogen-bond donors (Lipinski definition) is 1. The number of carbonyl (C=O) groups is 2. The first-order valence-electron chi connectivity index (χ1n) is 13.8. The zero-order valence-corrected chi connectivity index (χ0v) is 26.8. The van der Waals surface area contributed by atoms with Crippen LogP contribution in [-0.4, -0.2) is 50.0 Å². The molecule has 0 bridgehead atoms. The van der Waals surface area contributed by atoms with Gasteiger partial charge in [0.05, 0.1) is 11.9 Å². The topological polar surface area (TPSA) is 86.8 Å². The number of sulfonamides is 1. The van der Waals surface area contributed by atoms with Crippen molar-refractivity contribution < 1.29 is 18.0 Å². The van der Waals surface area contributed by atoms with Crippen molar-refractivity contribution in [3.8, 4) is 0 Å². The Bertz CT molecular complexity index is 1410. The Hall–Kier alpha value is -3.17. The van der Waals surface area contributed by atoms with Gasteiger partial charge in [-0.3, -0.25) is 13.9 Å². The van der Waals surface area contributed by atoms with Crippen LogP contribution in [0.4, 0.5) is 5.69 Å². The molecule has 1 N–H and O–H groups in total. The highest BCUT2D eigenvalue weighted by molar-refractivity contribution is 9.10. The van der Waals surface area contributed by atoms with Gasteiger partial charge >= 0.3 is 0 Å². The Morgan fingerprint density at radius 2 is 1.54 bits per heavy atom. The third-order valence-electron chi connectivity index (χ3n) is 7.04. The second-order valence-corrected chi connectivity index (χ2v) is 13.5. The largest absolute Gasteiger partial charge is 0.352 e. The van der Waals surface area contributed by atoms with Gasteiger partial charge in [-0.2, -0.15) is 0 Å². The van der Waals surface area contributed by atoms with Crippen LogP contribution in [0.15, 0.2) is 83.3 Å². The molecule has 0 spiro atoms. The quantitative estimate of drug-likeness (QED) is 0.252. The van der Waals surface area contributed by atoms with Crippen molar-refractivity contribution in [3.05, 3.63) is 100 Å². The Morgan fingerprint density at radius 3 is 2.10 bits per heavy atom. The molecule has 0 fully saturated rings. The van der Waals surface area contributed by atoms with E-state index in [1.54, 1.807) is 12.1 Å². The van der Waals surface area contributed by atoms with E-state index >= 15 is 0 Å². The van der Waals surface area contributed by atoms with Crippen LogP contribution in [0.5, 0.6) is 0 Å².